The summed E-state index contributed by atoms with van der Waals surface area (Å²) in [4.78, 5) is 4.61. The molecule has 1 fully saturated rings. The number of rotatable bonds is 2. The highest BCUT2D eigenvalue weighted by Crippen LogP contribution is 2.27. The highest BCUT2D eigenvalue weighted by molar-refractivity contribution is 6.29. The average molecular weight is 280 g/mol. The molecule has 0 spiro atoms. The molecular formula is C15H22ClN3. The molecule has 1 aliphatic carbocycles. The standard InChI is InChI=1S/C13H16ClN3.C2H6/c14-12-9-11(8-10-4-2-1-3-5-10)16-13-6-7-15-17(12)13;1-2/h6-7,9-10H,1-5,8H2;1-2H3. The predicted molar refractivity (Wildman–Crippen MR) is 79.6 cm³/mol. The van der Waals surface area contributed by atoms with Gasteiger partial charge in [-0.05, 0) is 18.4 Å². The van der Waals surface area contributed by atoms with Crippen molar-refractivity contribution < 1.29 is 0 Å². The Morgan fingerprint density at radius 2 is 2.00 bits per heavy atom. The quantitative estimate of drug-likeness (QED) is 0.756. The molecule has 19 heavy (non-hydrogen) atoms. The van der Waals surface area contributed by atoms with Crippen molar-refractivity contribution in [3.63, 3.8) is 0 Å². The molecular weight excluding hydrogens is 258 g/mol. The smallest absolute Gasteiger partial charge is 0.156 e. The summed E-state index contributed by atoms with van der Waals surface area (Å²) in [5.41, 5.74) is 1.96. The number of fused-ring (bicyclic) bond motifs is 1. The van der Waals surface area contributed by atoms with Crippen LogP contribution in [0.25, 0.3) is 5.65 Å². The van der Waals surface area contributed by atoms with Gasteiger partial charge in [0.05, 0.1) is 6.20 Å². The van der Waals surface area contributed by atoms with Crippen LogP contribution in [-0.2, 0) is 6.42 Å². The molecule has 3 nitrogen and oxygen atoms in total. The van der Waals surface area contributed by atoms with Crippen molar-refractivity contribution in [1.82, 2.24) is 14.6 Å². The Kier molecular flexibility index (Phi) is 5.20. The minimum absolute atomic E-state index is 0.658. The molecule has 0 atom stereocenters. The highest BCUT2D eigenvalue weighted by atomic mass is 35.5. The van der Waals surface area contributed by atoms with Crippen molar-refractivity contribution in [2.75, 3.05) is 0 Å². The van der Waals surface area contributed by atoms with Gasteiger partial charge in [0.2, 0.25) is 0 Å². The summed E-state index contributed by atoms with van der Waals surface area (Å²) in [6.45, 7) is 4.00. The van der Waals surface area contributed by atoms with E-state index in [4.69, 9.17) is 11.6 Å². The summed E-state index contributed by atoms with van der Waals surface area (Å²) in [5.74, 6) is 0.790. The third-order valence-corrected chi connectivity index (χ3v) is 3.86. The van der Waals surface area contributed by atoms with Gasteiger partial charge in [-0.1, -0.05) is 57.6 Å². The van der Waals surface area contributed by atoms with Crippen LogP contribution in [0.3, 0.4) is 0 Å². The number of halogens is 1. The molecule has 104 valence electrons. The molecule has 1 aliphatic rings. The van der Waals surface area contributed by atoms with E-state index in [1.165, 1.54) is 32.1 Å². The fourth-order valence-corrected chi connectivity index (χ4v) is 2.97. The SMILES string of the molecule is CC.Clc1cc(CC2CCCCC2)nc2ccnn12. The van der Waals surface area contributed by atoms with Gasteiger partial charge in [0, 0.05) is 11.8 Å². The zero-order valence-electron chi connectivity index (χ0n) is 11.8. The molecule has 0 saturated heterocycles. The Labute approximate surface area is 120 Å². The number of nitrogens with zero attached hydrogens (tertiary/aromatic N) is 3. The monoisotopic (exact) mass is 279 g/mol. The maximum Gasteiger partial charge on any atom is 0.156 e. The maximum atomic E-state index is 6.18. The Balaban J connectivity index is 0.000000637. The van der Waals surface area contributed by atoms with Crippen LogP contribution >= 0.6 is 11.6 Å². The third-order valence-electron chi connectivity index (χ3n) is 3.59. The van der Waals surface area contributed by atoms with Crippen LogP contribution in [0.2, 0.25) is 5.15 Å². The molecule has 0 N–H and O–H groups in total. The molecule has 0 amide bonds. The molecule has 1 saturated carbocycles. The first-order chi connectivity index (χ1) is 9.33. The molecule has 2 heterocycles. The van der Waals surface area contributed by atoms with Crippen molar-refractivity contribution >= 4 is 17.2 Å². The van der Waals surface area contributed by atoms with E-state index in [-0.39, 0.29) is 0 Å². The molecule has 0 aliphatic heterocycles. The van der Waals surface area contributed by atoms with Crippen LogP contribution in [0.1, 0.15) is 51.6 Å². The molecule has 0 radical (unpaired) electrons. The molecule has 0 unspecified atom stereocenters. The number of hydrogen-bond acceptors (Lipinski definition) is 2. The largest absolute Gasteiger partial charge is 0.233 e. The lowest BCUT2D eigenvalue weighted by atomic mass is 9.86. The Morgan fingerprint density at radius 1 is 1.26 bits per heavy atom. The maximum absolute atomic E-state index is 6.18. The average Bonchev–Trinajstić information content (AvgIpc) is 2.91. The van der Waals surface area contributed by atoms with Crippen molar-refractivity contribution in [3.8, 4) is 0 Å². The molecule has 0 aromatic carbocycles. The Morgan fingerprint density at radius 3 is 2.74 bits per heavy atom. The molecule has 2 aromatic rings. The van der Waals surface area contributed by atoms with Gasteiger partial charge in [-0.2, -0.15) is 5.10 Å². The van der Waals surface area contributed by atoms with E-state index in [1.54, 1.807) is 10.7 Å². The van der Waals surface area contributed by atoms with E-state index in [0.717, 1.165) is 23.7 Å². The fraction of sp³-hybridized carbons (Fsp3) is 0.600. The second kappa shape index (κ2) is 6.90. The van der Waals surface area contributed by atoms with E-state index in [0.29, 0.717) is 5.15 Å². The van der Waals surface area contributed by atoms with Gasteiger partial charge in [-0.3, -0.25) is 0 Å². The first-order valence-electron chi connectivity index (χ1n) is 7.32. The zero-order valence-corrected chi connectivity index (χ0v) is 12.5. The zero-order chi connectivity index (χ0) is 13.7. The lowest BCUT2D eigenvalue weighted by Gasteiger charge is -2.21. The Bertz CT molecular complexity index is 515. The Hall–Kier alpha value is -1.09. The van der Waals surface area contributed by atoms with Crippen LogP contribution in [0.4, 0.5) is 0 Å². The third kappa shape index (κ3) is 3.47. The van der Waals surface area contributed by atoms with Crippen molar-refractivity contribution in [2.24, 2.45) is 5.92 Å². The van der Waals surface area contributed by atoms with Gasteiger partial charge in [-0.25, -0.2) is 9.50 Å². The molecule has 3 rings (SSSR count). The van der Waals surface area contributed by atoms with Crippen LogP contribution < -0.4 is 0 Å². The fourth-order valence-electron chi connectivity index (χ4n) is 2.72. The van der Waals surface area contributed by atoms with Gasteiger partial charge >= 0.3 is 0 Å². The summed E-state index contributed by atoms with van der Waals surface area (Å²) in [5, 5.41) is 4.79. The number of hydrogen-bond donors (Lipinski definition) is 0. The van der Waals surface area contributed by atoms with Crippen LogP contribution in [0.15, 0.2) is 18.3 Å². The highest BCUT2D eigenvalue weighted by Gasteiger charge is 2.15. The normalized spacial score (nSPS) is 16.2. The first kappa shape index (κ1) is 14.3. The van der Waals surface area contributed by atoms with Gasteiger partial charge in [0.25, 0.3) is 0 Å². The van der Waals surface area contributed by atoms with Crippen molar-refractivity contribution in [1.29, 1.82) is 0 Å². The minimum atomic E-state index is 0.658. The van der Waals surface area contributed by atoms with Crippen LogP contribution in [0.5, 0.6) is 0 Å². The molecule has 0 bridgehead atoms. The van der Waals surface area contributed by atoms with Crippen molar-refractivity contribution in [3.05, 3.63) is 29.2 Å². The van der Waals surface area contributed by atoms with Gasteiger partial charge in [-0.15, -0.1) is 0 Å². The summed E-state index contributed by atoms with van der Waals surface area (Å²) in [6.07, 6.45) is 9.60. The van der Waals surface area contributed by atoms with E-state index in [1.807, 2.05) is 26.0 Å². The summed E-state index contributed by atoms with van der Waals surface area (Å²) in [6, 6.07) is 3.85. The van der Waals surface area contributed by atoms with Crippen molar-refractivity contribution in [2.45, 2.75) is 52.4 Å². The van der Waals surface area contributed by atoms with Gasteiger partial charge < -0.3 is 0 Å². The minimum Gasteiger partial charge on any atom is -0.233 e. The van der Waals surface area contributed by atoms with Gasteiger partial charge in [0.1, 0.15) is 5.15 Å². The van der Waals surface area contributed by atoms with E-state index in [2.05, 4.69) is 10.1 Å². The number of aromatic nitrogens is 3. The van der Waals surface area contributed by atoms with Crippen LogP contribution in [0, 0.1) is 5.92 Å². The van der Waals surface area contributed by atoms with Gasteiger partial charge in [0.15, 0.2) is 5.65 Å². The molecule has 2 aromatic heterocycles. The van der Waals surface area contributed by atoms with E-state index < -0.39 is 0 Å². The summed E-state index contributed by atoms with van der Waals surface area (Å²) < 4.78 is 1.67. The van der Waals surface area contributed by atoms with E-state index >= 15 is 0 Å². The summed E-state index contributed by atoms with van der Waals surface area (Å²) >= 11 is 6.18. The lowest BCUT2D eigenvalue weighted by Crippen LogP contribution is -2.10. The van der Waals surface area contributed by atoms with Crippen LogP contribution in [-0.4, -0.2) is 14.6 Å². The topological polar surface area (TPSA) is 30.2 Å². The summed E-state index contributed by atoms with van der Waals surface area (Å²) in [7, 11) is 0. The molecule has 4 heteroatoms. The first-order valence-corrected chi connectivity index (χ1v) is 7.70. The second-order valence-electron chi connectivity index (χ2n) is 4.88. The second-order valence-corrected chi connectivity index (χ2v) is 5.27. The predicted octanol–water partition coefficient (Wildman–Crippen LogP) is 4.53. The van der Waals surface area contributed by atoms with E-state index in [9.17, 15) is 0 Å². The lowest BCUT2D eigenvalue weighted by molar-refractivity contribution is 0.354.